The van der Waals surface area contributed by atoms with Crippen molar-refractivity contribution in [3.63, 3.8) is 0 Å². The van der Waals surface area contributed by atoms with Gasteiger partial charge in [-0.2, -0.15) is 0 Å². The standard InChI is InChI=1S/C28H24ClFN2O3S/c29-22-9-7-18(8-10-22)20-5-6-21(24(30)15-20)16-35-26-4-2-1-3-23(26)25-17-36-28(31-25)32-13-11-19(12-14-32)27(33)34/h1-10,15,17,19H,11-14,16H2,(H,33,34). The van der Waals surface area contributed by atoms with Crippen LogP contribution in [0.2, 0.25) is 5.02 Å². The number of rotatable bonds is 7. The smallest absolute Gasteiger partial charge is 0.306 e. The van der Waals surface area contributed by atoms with Crippen molar-refractivity contribution >= 4 is 34.0 Å². The number of hydrogen-bond acceptors (Lipinski definition) is 5. The summed E-state index contributed by atoms with van der Waals surface area (Å²) in [6, 6.07) is 20.0. The highest BCUT2D eigenvalue weighted by molar-refractivity contribution is 7.14. The molecule has 0 bridgehead atoms. The molecule has 0 spiro atoms. The number of carboxylic acids is 1. The highest BCUT2D eigenvalue weighted by atomic mass is 35.5. The third-order valence-electron chi connectivity index (χ3n) is 6.38. The molecule has 1 aliphatic heterocycles. The van der Waals surface area contributed by atoms with E-state index < -0.39 is 5.97 Å². The Balaban J connectivity index is 1.28. The fourth-order valence-corrected chi connectivity index (χ4v) is 5.30. The lowest BCUT2D eigenvalue weighted by Gasteiger charge is -2.29. The number of para-hydroxylation sites is 1. The van der Waals surface area contributed by atoms with E-state index in [1.54, 1.807) is 18.2 Å². The summed E-state index contributed by atoms with van der Waals surface area (Å²) in [5, 5.41) is 12.7. The normalized spacial score (nSPS) is 14.1. The monoisotopic (exact) mass is 522 g/mol. The molecular formula is C28H24ClFN2O3S. The van der Waals surface area contributed by atoms with Gasteiger partial charge in [0.15, 0.2) is 5.13 Å². The van der Waals surface area contributed by atoms with Crippen LogP contribution in [-0.4, -0.2) is 29.1 Å². The van der Waals surface area contributed by atoms with Crippen molar-refractivity contribution in [3.8, 4) is 28.1 Å². The quantitative estimate of drug-likeness (QED) is 0.279. The van der Waals surface area contributed by atoms with Crippen molar-refractivity contribution in [2.24, 2.45) is 5.92 Å². The van der Waals surface area contributed by atoms with Crippen molar-refractivity contribution in [2.45, 2.75) is 19.4 Å². The van der Waals surface area contributed by atoms with Gasteiger partial charge in [0.25, 0.3) is 0 Å². The Morgan fingerprint density at radius 3 is 2.53 bits per heavy atom. The van der Waals surface area contributed by atoms with Crippen molar-refractivity contribution in [1.29, 1.82) is 0 Å². The van der Waals surface area contributed by atoms with Crippen LogP contribution in [0.15, 0.2) is 72.1 Å². The zero-order valence-electron chi connectivity index (χ0n) is 19.4. The lowest BCUT2D eigenvalue weighted by Crippen LogP contribution is -2.36. The first-order valence-corrected chi connectivity index (χ1v) is 12.9. The highest BCUT2D eigenvalue weighted by Crippen LogP contribution is 2.35. The van der Waals surface area contributed by atoms with Crippen LogP contribution < -0.4 is 9.64 Å². The number of piperidine rings is 1. The number of ether oxygens (including phenoxy) is 1. The van der Waals surface area contributed by atoms with Crippen molar-refractivity contribution < 1.29 is 19.0 Å². The van der Waals surface area contributed by atoms with Gasteiger partial charge < -0.3 is 14.7 Å². The number of aliphatic carboxylic acids is 1. The fourth-order valence-electron chi connectivity index (χ4n) is 4.30. The van der Waals surface area contributed by atoms with E-state index in [1.165, 1.54) is 17.4 Å². The maximum absolute atomic E-state index is 14.9. The maximum atomic E-state index is 14.9. The molecule has 0 radical (unpaired) electrons. The van der Waals surface area contributed by atoms with Gasteiger partial charge in [0.2, 0.25) is 0 Å². The summed E-state index contributed by atoms with van der Waals surface area (Å²) in [7, 11) is 0. The van der Waals surface area contributed by atoms with E-state index >= 15 is 0 Å². The predicted molar refractivity (Wildman–Crippen MR) is 141 cm³/mol. The lowest BCUT2D eigenvalue weighted by molar-refractivity contribution is -0.142. The molecule has 1 fully saturated rings. The van der Waals surface area contributed by atoms with Crippen molar-refractivity contribution in [2.75, 3.05) is 18.0 Å². The number of benzene rings is 3. The average molecular weight is 523 g/mol. The third kappa shape index (κ3) is 5.37. The molecule has 0 aliphatic carbocycles. The molecule has 184 valence electrons. The number of thiazole rings is 1. The minimum atomic E-state index is -0.725. The number of anilines is 1. The van der Waals surface area contributed by atoms with E-state index in [0.717, 1.165) is 27.5 Å². The Morgan fingerprint density at radius 2 is 1.81 bits per heavy atom. The van der Waals surface area contributed by atoms with Crippen LogP contribution in [0, 0.1) is 11.7 Å². The van der Waals surface area contributed by atoms with Gasteiger partial charge in [0.1, 0.15) is 18.2 Å². The Kier molecular flexibility index (Phi) is 7.20. The Hall–Kier alpha value is -3.42. The zero-order chi connectivity index (χ0) is 25.1. The number of aromatic nitrogens is 1. The van der Waals surface area contributed by atoms with E-state index in [-0.39, 0.29) is 18.3 Å². The molecule has 4 aromatic rings. The minimum absolute atomic E-state index is 0.0867. The summed E-state index contributed by atoms with van der Waals surface area (Å²) in [6.45, 7) is 1.43. The summed E-state index contributed by atoms with van der Waals surface area (Å²) in [6.07, 6.45) is 1.23. The van der Waals surface area contributed by atoms with Gasteiger partial charge >= 0.3 is 5.97 Å². The number of nitrogens with zero attached hydrogens (tertiary/aromatic N) is 2. The van der Waals surface area contributed by atoms with Crippen LogP contribution in [0.1, 0.15) is 18.4 Å². The SMILES string of the molecule is O=C(O)C1CCN(c2nc(-c3ccccc3OCc3ccc(-c4ccc(Cl)cc4)cc3F)cs2)CC1. The molecule has 3 aromatic carbocycles. The number of halogens is 2. The fraction of sp³-hybridized carbons (Fsp3) is 0.214. The number of carbonyl (C=O) groups is 1. The van der Waals surface area contributed by atoms with Gasteiger partial charge in [-0.3, -0.25) is 4.79 Å². The van der Waals surface area contributed by atoms with E-state index in [0.29, 0.717) is 42.3 Å². The van der Waals surface area contributed by atoms with Crippen LogP contribution in [0.25, 0.3) is 22.4 Å². The summed E-state index contributed by atoms with van der Waals surface area (Å²) >= 11 is 7.48. The van der Waals surface area contributed by atoms with Crippen LogP contribution in [0.5, 0.6) is 5.75 Å². The average Bonchev–Trinajstić information content (AvgIpc) is 3.39. The molecule has 1 aliphatic rings. The Bertz CT molecular complexity index is 1370. The zero-order valence-corrected chi connectivity index (χ0v) is 20.9. The summed E-state index contributed by atoms with van der Waals surface area (Å²) in [5.41, 5.74) is 3.74. The predicted octanol–water partition coefficient (Wildman–Crippen LogP) is 7.15. The minimum Gasteiger partial charge on any atom is -0.488 e. The first kappa shape index (κ1) is 24.3. The molecule has 5 rings (SSSR count). The van der Waals surface area contributed by atoms with Gasteiger partial charge in [-0.05, 0) is 54.3 Å². The van der Waals surface area contributed by atoms with Crippen molar-refractivity contribution in [1.82, 2.24) is 4.98 Å². The molecule has 0 atom stereocenters. The highest BCUT2D eigenvalue weighted by Gasteiger charge is 2.26. The molecule has 2 heterocycles. The molecule has 36 heavy (non-hydrogen) atoms. The van der Waals surface area contributed by atoms with Crippen LogP contribution in [0.4, 0.5) is 9.52 Å². The van der Waals surface area contributed by atoms with E-state index in [4.69, 9.17) is 21.3 Å². The Morgan fingerprint density at radius 1 is 1.08 bits per heavy atom. The number of hydrogen-bond donors (Lipinski definition) is 1. The van der Waals surface area contributed by atoms with Crippen LogP contribution in [-0.2, 0) is 11.4 Å². The van der Waals surface area contributed by atoms with Gasteiger partial charge in [0.05, 0.1) is 11.6 Å². The first-order chi connectivity index (χ1) is 17.5. The number of carboxylic acid groups (broad SMARTS) is 1. The molecule has 1 aromatic heterocycles. The van der Waals surface area contributed by atoms with Crippen LogP contribution >= 0.6 is 22.9 Å². The molecule has 1 N–H and O–H groups in total. The topological polar surface area (TPSA) is 62.7 Å². The van der Waals surface area contributed by atoms with Gasteiger partial charge in [-0.25, -0.2) is 9.37 Å². The molecular weight excluding hydrogens is 499 g/mol. The molecule has 0 amide bonds. The first-order valence-electron chi connectivity index (χ1n) is 11.7. The van der Waals surface area contributed by atoms with Gasteiger partial charge in [0, 0.05) is 34.6 Å². The summed E-state index contributed by atoms with van der Waals surface area (Å²) in [5.74, 6) is -0.715. The molecule has 0 unspecified atom stereocenters. The second-order valence-corrected chi connectivity index (χ2v) is 9.99. The maximum Gasteiger partial charge on any atom is 0.306 e. The van der Waals surface area contributed by atoms with E-state index in [1.807, 2.05) is 47.8 Å². The van der Waals surface area contributed by atoms with Crippen LogP contribution in [0.3, 0.4) is 0 Å². The van der Waals surface area contributed by atoms with Gasteiger partial charge in [-0.1, -0.05) is 48.0 Å². The summed E-state index contributed by atoms with van der Waals surface area (Å²) < 4.78 is 20.9. The molecule has 5 nitrogen and oxygen atoms in total. The molecule has 0 saturated carbocycles. The second kappa shape index (κ2) is 10.7. The third-order valence-corrected chi connectivity index (χ3v) is 7.54. The van der Waals surface area contributed by atoms with E-state index in [9.17, 15) is 14.3 Å². The summed E-state index contributed by atoms with van der Waals surface area (Å²) in [4.78, 5) is 18.2. The molecule has 1 saturated heterocycles. The van der Waals surface area contributed by atoms with E-state index in [2.05, 4.69) is 4.90 Å². The molecule has 8 heteroatoms. The van der Waals surface area contributed by atoms with Gasteiger partial charge in [-0.15, -0.1) is 11.3 Å². The lowest BCUT2D eigenvalue weighted by atomic mass is 9.97. The second-order valence-electron chi connectivity index (χ2n) is 8.71. The largest absolute Gasteiger partial charge is 0.488 e. The van der Waals surface area contributed by atoms with Crippen molar-refractivity contribution in [3.05, 3.63) is 88.5 Å². The Labute approximate surface area is 217 Å².